The molecule has 2 heterocycles. The minimum atomic E-state index is -0.0852. The van der Waals surface area contributed by atoms with E-state index < -0.39 is 0 Å². The number of hydrogen-bond donors (Lipinski definition) is 1. The molecular formula is C20H22N4O. The number of benzene rings is 1. The zero-order valence-electron chi connectivity index (χ0n) is 14.4. The van der Waals surface area contributed by atoms with Gasteiger partial charge in [0.1, 0.15) is 0 Å². The number of nitriles is 1. The first-order valence-electron chi connectivity index (χ1n) is 8.62. The Morgan fingerprint density at radius 1 is 1.32 bits per heavy atom. The Kier molecular flexibility index (Phi) is 5.30. The van der Waals surface area contributed by atoms with E-state index in [1.54, 1.807) is 18.3 Å². The number of carbonyl (C=O) groups is 1. The van der Waals surface area contributed by atoms with E-state index in [1.807, 2.05) is 30.2 Å². The van der Waals surface area contributed by atoms with E-state index in [0.717, 1.165) is 37.9 Å². The Bertz CT molecular complexity index is 774. The highest BCUT2D eigenvalue weighted by molar-refractivity contribution is 5.90. The van der Waals surface area contributed by atoms with Crippen LogP contribution in [0.2, 0.25) is 0 Å². The normalized spacial score (nSPS) is 14.8. The molecule has 0 bridgehead atoms. The van der Waals surface area contributed by atoms with E-state index in [2.05, 4.69) is 22.4 Å². The van der Waals surface area contributed by atoms with E-state index in [0.29, 0.717) is 17.2 Å². The van der Waals surface area contributed by atoms with Gasteiger partial charge in [-0.3, -0.25) is 4.98 Å². The summed E-state index contributed by atoms with van der Waals surface area (Å²) in [6, 6.07) is 11.5. The molecule has 1 aliphatic rings. The Hall–Kier alpha value is -2.87. The smallest absolute Gasteiger partial charge is 0.321 e. The first kappa shape index (κ1) is 17.0. The minimum absolute atomic E-state index is 0.0852. The monoisotopic (exact) mass is 334 g/mol. The van der Waals surface area contributed by atoms with Crippen LogP contribution in [-0.4, -0.2) is 29.0 Å². The number of pyridine rings is 1. The number of rotatable bonds is 3. The first-order valence-corrected chi connectivity index (χ1v) is 8.62. The molecule has 128 valence electrons. The molecule has 0 spiro atoms. The van der Waals surface area contributed by atoms with Gasteiger partial charge in [0.25, 0.3) is 0 Å². The number of nitrogens with one attached hydrogen (secondary N) is 1. The maximum absolute atomic E-state index is 12.5. The molecule has 2 amide bonds. The third-order valence-electron chi connectivity index (χ3n) is 4.84. The standard InChI is InChI=1S/C20H22N4O/c1-15-18(13-21)5-2-6-19(15)23-20(25)24-10-7-16(8-11-24)12-17-4-3-9-22-14-17/h2-6,9,14,16H,7-8,10-12H2,1H3,(H,23,25). The fourth-order valence-corrected chi connectivity index (χ4v) is 3.28. The van der Waals surface area contributed by atoms with Crippen molar-refractivity contribution in [3.63, 3.8) is 0 Å². The number of anilines is 1. The molecule has 0 unspecified atom stereocenters. The summed E-state index contributed by atoms with van der Waals surface area (Å²) in [4.78, 5) is 18.5. The van der Waals surface area contributed by atoms with Crippen molar-refractivity contribution in [1.29, 1.82) is 5.26 Å². The van der Waals surface area contributed by atoms with E-state index in [1.165, 1.54) is 5.56 Å². The number of aromatic nitrogens is 1. The highest BCUT2D eigenvalue weighted by Gasteiger charge is 2.23. The second kappa shape index (κ2) is 7.80. The number of amides is 2. The van der Waals surface area contributed by atoms with Crippen LogP contribution in [0.25, 0.3) is 0 Å². The number of urea groups is 1. The van der Waals surface area contributed by atoms with Crippen LogP contribution in [0, 0.1) is 24.2 Å². The number of hydrogen-bond acceptors (Lipinski definition) is 3. The van der Waals surface area contributed by atoms with Crippen LogP contribution in [-0.2, 0) is 6.42 Å². The zero-order chi connectivity index (χ0) is 17.6. The molecule has 1 N–H and O–H groups in total. The fourth-order valence-electron chi connectivity index (χ4n) is 3.28. The van der Waals surface area contributed by atoms with Crippen LogP contribution in [0.1, 0.15) is 29.5 Å². The Balaban J connectivity index is 1.54. The van der Waals surface area contributed by atoms with Gasteiger partial charge in [-0.2, -0.15) is 5.26 Å². The quantitative estimate of drug-likeness (QED) is 0.929. The number of likely N-dealkylation sites (tertiary alicyclic amines) is 1. The predicted octanol–water partition coefficient (Wildman–Crippen LogP) is 3.75. The summed E-state index contributed by atoms with van der Waals surface area (Å²) >= 11 is 0. The Morgan fingerprint density at radius 2 is 2.12 bits per heavy atom. The number of nitrogens with zero attached hydrogens (tertiary/aromatic N) is 3. The third kappa shape index (κ3) is 4.16. The van der Waals surface area contributed by atoms with Crippen molar-refractivity contribution < 1.29 is 4.79 Å². The van der Waals surface area contributed by atoms with Crippen molar-refractivity contribution >= 4 is 11.7 Å². The molecule has 5 nitrogen and oxygen atoms in total. The Labute approximate surface area is 148 Å². The lowest BCUT2D eigenvalue weighted by Gasteiger charge is -2.32. The molecule has 1 aliphatic heterocycles. The third-order valence-corrected chi connectivity index (χ3v) is 4.84. The molecule has 1 aromatic carbocycles. The molecule has 5 heteroatoms. The lowest BCUT2D eigenvalue weighted by atomic mass is 9.91. The molecule has 3 rings (SSSR count). The number of piperidine rings is 1. The van der Waals surface area contributed by atoms with Gasteiger partial charge in [-0.15, -0.1) is 0 Å². The largest absolute Gasteiger partial charge is 0.325 e. The van der Waals surface area contributed by atoms with Gasteiger partial charge in [-0.05, 0) is 61.4 Å². The molecule has 0 saturated carbocycles. The van der Waals surface area contributed by atoms with E-state index >= 15 is 0 Å². The van der Waals surface area contributed by atoms with E-state index in [-0.39, 0.29) is 6.03 Å². The molecule has 1 saturated heterocycles. The minimum Gasteiger partial charge on any atom is -0.325 e. The van der Waals surface area contributed by atoms with Crippen molar-refractivity contribution in [3.8, 4) is 6.07 Å². The molecule has 1 fully saturated rings. The lowest BCUT2D eigenvalue weighted by Crippen LogP contribution is -2.41. The molecule has 0 radical (unpaired) electrons. The first-order chi connectivity index (χ1) is 12.2. The van der Waals surface area contributed by atoms with Crippen LogP contribution >= 0.6 is 0 Å². The van der Waals surface area contributed by atoms with Crippen molar-refractivity contribution in [2.75, 3.05) is 18.4 Å². The maximum atomic E-state index is 12.5. The average Bonchev–Trinajstić information content (AvgIpc) is 2.65. The molecule has 2 aromatic rings. The average molecular weight is 334 g/mol. The van der Waals surface area contributed by atoms with Crippen molar-refractivity contribution in [2.45, 2.75) is 26.2 Å². The van der Waals surface area contributed by atoms with Gasteiger partial charge in [-0.1, -0.05) is 12.1 Å². The molecule has 1 aromatic heterocycles. The van der Waals surface area contributed by atoms with Crippen LogP contribution in [0.15, 0.2) is 42.7 Å². The summed E-state index contributed by atoms with van der Waals surface area (Å²) in [7, 11) is 0. The van der Waals surface area contributed by atoms with Crippen molar-refractivity contribution in [2.24, 2.45) is 5.92 Å². The Morgan fingerprint density at radius 3 is 2.80 bits per heavy atom. The van der Waals surface area contributed by atoms with E-state index in [4.69, 9.17) is 5.26 Å². The zero-order valence-corrected chi connectivity index (χ0v) is 14.4. The van der Waals surface area contributed by atoms with Gasteiger partial charge >= 0.3 is 6.03 Å². The van der Waals surface area contributed by atoms with Gasteiger partial charge in [0.2, 0.25) is 0 Å². The van der Waals surface area contributed by atoms with E-state index in [9.17, 15) is 4.79 Å². The van der Waals surface area contributed by atoms with Gasteiger partial charge < -0.3 is 10.2 Å². The van der Waals surface area contributed by atoms with Crippen LogP contribution in [0.4, 0.5) is 10.5 Å². The van der Waals surface area contributed by atoms with Gasteiger partial charge in [0.05, 0.1) is 11.6 Å². The second-order valence-corrected chi connectivity index (χ2v) is 6.52. The highest BCUT2D eigenvalue weighted by atomic mass is 16.2. The summed E-state index contributed by atoms with van der Waals surface area (Å²) < 4.78 is 0. The van der Waals surface area contributed by atoms with Gasteiger partial charge in [0.15, 0.2) is 0 Å². The summed E-state index contributed by atoms with van der Waals surface area (Å²) in [5.41, 5.74) is 3.37. The molecular weight excluding hydrogens is 312 g/mol. The topological polar surface area (TPSA) is 69.0 Å². The molecule has 0 aliphatic carbocycles. The summed E-state index contributed by atoms with van der Waals surface area (Å²) in [5.74, 6) is 0.594. The fraction of sp³-hybridized carbons (Fsp3) is 0.350. The number of carbonyl (C=O) groups excluding carboxylic acids is 1. The van der Waals surface area contributed by atoms with Crippen LogP contribution < -0.4 is 5.32 Å². The second-order valence-electron chi connectivity index (χ2n) is 6.52. The lowest BCUT2D eigenvalue weighted by molar-refractivity contribution is 0.182. The van der Waals surface area contributed by atoms with Crippen LogP contribution in [0.3, 0.4) is 0 Å². The van der Waals surface area contributed by atoms with Crippen LogP contribution in [0.5, 0.6) is 0 Å². The molecule has 0 atom stereocenters. The van der Waals surface area contributed by atoms with Crippen molar-refractivity contribution in [3.05, 3.63) is 59.4 Å². The van der Waals surface area contributed by atoms with Crippen molar-refractivity contribution in [1.82, 2.24) is 9.88 Å². The summed E-state index contributed by atoms with van der Waals surface area (Å²) in [5, 5.41) is 12.0. The predicted molar refractivity (Wildman–Crippen MR) is 97.2 cm³/mol. The van der Waals surface area contributed by atoms with Gasteiger partial charge in [0, 0.05) is 31.2 Å². The highest BCUT2D eigenvalue weighted by Crippen LogP contribution is 2.23. The summed E-state index contributed by atoms with van der Waals surface area (Å²) in [6.45, 7) is 3.37. The molecule has 25 heavy (non-hydrogen) atoms. The SMILES string of the molecule is Cc1c(C#N)cccc1NC(=O)N1CCC(Cc2cccnc2)CC1. The van der Waals surface area contributed by atoms with Gasteiger partial charge in [-0.25, -0.2) is 4.79 Å². The summed E-state index contributed by atoms with van der Waals surface area (Å²) in [6.07, 6.45) is 6.73. The maximum Gasteiger partial charge on any atom is 0.321 e.